The van der Waals surface area contributed by atoms with Crippen LogP contribution < -0.4 is 5.73 Å². The van der Waals surface area contributed by atoms with Crippen molar-refractivity contribution < 1.29 is 10.2 Å². The van der Waals surface area contributed by atoms with Crippen LogP contribution in [0.2, 0.25) is 0 Å². The van der Waals surface area contributed by atoms with Gasteiger partial charge in [0.05, 0.1) is 0 Å². The Balaban J connectivity index is 0.00000196. The van der Waals surface area contributed by atoms with Crippen molar-refractivity contribution in [3.8, 4) is 5.75 Å². The number of hydrogen-bond acceptors (Lipinski definition) is 3. The minimum atomic E-state index is -0.432. The molecule has 0 aromatic heterocycles. The number of para-hydroxylation sites is 1. The van der Waals surface area contributed by atoms with Gasteiger partial charge in [0.1, 0.15) is 5.75 Å². The normalized spacial score (nSPS) is 13.1. The van der Waals surface area contributed by atoms with Gasteiger partial charge in [0.15, 0.2) is 0 Å². The first-order valence-electron chi connectivity index (χ1n) is 4.63. The van der Waals surface area contributed by atoms with Gasteiger partial charge in [-0.1, -0.05) is 32.0 Å². The Morgan fingerprint density at radius 2 is 1.87 bits per heavy atom. The van der Waals surface area contributed by atoms with E-state index in [1.165, 1.54) is 0 Å². The molecular formula is C11H18ClNO2. The van der Waals surface area contributed by atoms with Crippen LogP contribution in [0, 0.1) is 5.41 Å². The highest BCUT2D eigenvalue weighted by atomic mass is 35.5. The van der Waals surface area contributed by atoms with Gasteiger partial charge in [0.25, 0.3) is 0 Å². The van der Waals surface area contributed by atoms with Crippen LogP contribution in [0.4, 0.5) is 0 Å². The second-order valence-corrected chi connectivity index (χ2v) is 4.18. The fraction of sp³-hybridized carbons (Fsp3) is 0.455. The summed E-state index contributed by atoms with van der Waals surface area (Å²) >= 11 is 0. The summed E-state index contributed by atoms with van der Waals surface area (Å²) < 4.78 is 0. The zero-order valence-electron chi connectivity index (χ0n) is 8.97. The third-order valence-corrected chi connectivity index (χ3v) is 2.52. The molecule has 3 nitrogen and oxygen atoms in total. The monoisotopic (exact) mass is 231 g/mol. The molecule has 1 atom stereocenters. The summed E-state index contributed by atoms with van der Waals surface area (Å²) in [5.74, 6) is 0.182. The van der Waals surface area contributed by atoms with Gasteiger partial charge in [0, 0.05) is 23.6 Å². The molecule has 4 N–H and O–H groups in total. The third kappa shape index (κ3) is 3.09. The number of rotatable bonds is 3. The number of nitrogens with two attached hydrogens (primary N) is 1. The molecule has 86 valence electrons. The molecule has 0 bridgehead atoms. The minimum absolute atomic E-state index is 0. The van der Waals surface area contributed by atoms with E-state index < -0.39 is 5.41 Å². The molecule has 0 spiro atoms. The van der Waals surface area contributed by atoms with E-state index in [1.54, 1.807) is 18.2 Å². The van der Waals surface area contributed by atoms with E-state index in [4.69, 9.17) is 10.8 Å². The summed E-state index contributed by atoms with van der Waals surface area (Å²) in [6, 6.07) is 6.58. The van der Waals surface area contributed by atoms with Crippen molar-refractivity contribution in [1.82, 2.24) is 0 Å². The predicted octanol–water partition coefficient (Wildman–Crippen LogP) is 1.83. The quantitative estimate of drug-likeness (QED) is 0.744. The standard InChI is InChI=1S/C11H17NO2.ClH/c1-11(2,7-13)10(12)8-5-3-4-6-9(8)14;/h3-6,10,13-14H,7,12H2,1-2H3;1H/t10-;/m1./s1. The maximum absolute atomic E-state index is 9.58. The van der Waals surface area contributed by atoms with E-state index in [2.05, 4.69) is 0 Å². The van der Waals surface area contributed by atoms with Crippen molar-refractivity contribution >= 4 is 12.4 Å². The number of phenolic OH excluding ortho intramolecular Hbond substituents is 1. The van der Waals surface area contributed by atoms with Gasteiger partial charge in [-0.25, -0.2) is 0 Å². The largest absolute Gasteiger partial charge is 0.508 e. The first-order chi connectivity index (χ1) is 6.49. The fourth-order valence-corrected chi connectivity index (χ4v) is 1.27. The lowest BCUT2D eigenvalue weighted by molar-refractivity contribution is 0.131. The zero-order chi connectivity index (χ0) is 10.8. The Morgan fingerprint density at radius 3 is 2.33 bits per heavy atom. The van der Waals surface area contributed by atoms with Crippen molar-refractivity contribution in [3.05, 3.63) is 29.8 Å². The average molecular weight is 232 g/mol. The molecule has 0 aliphatic rings. The second kappa shape index (κ2) is 5.35. The molecule has 0 heterocycles. The second-order valence-electron chi connectivity index (χ2n) is 4.18. The highest BCUT2D eigenvalue weighted by molar-refractivity contribution is 5.85. The van der Waals surface area contributed by atoms with E-state index in [-0.39, 0.29) is 30.8 Å². The Labute approximate surface area is 96.3 Å². The molecule has 1 aromatic rings. The van der Waals surface area contributed by atoms with Crippen molar-refractivity contribution in [2.75, 3.05) is 6.61 Å². The average Bonchev–Trinajstić information content (AvgIpc) is 2.17. The molecule has 0 fully saturated rings. The Kier molecular flexibility index (Phi) is 5.08. The van der Waals surface area contributed by atoms with Gasteiger partial charge in [0.2, 0.25) is 0 Å². The first kappa shape index (κ1) is 14.2. The number of aliphatic hydroxyl groups is 1. The van der Waals surface area contributed by atoms with Crippen molar-refractivity contribution in [2.24, 2.45) is 11.1 Å². The lowest BCUT2D eigenvalue weighted by Crippen LogP contribution is -2.32. The number of hydrogen-bond donors (Lipinski definition) is 3. The SMILES string of the molecule is CC(C)(CO)[C@H](N)c1ccccc1O.Cl. The highest BCUT2D eigenvalue weighted by Crippen LogP contribution is 2.34. The van der Waals surface area contributed by atoms with Crippen LogP contribution in [0.25, 0.3) is 0 Å². The first-order valence-corrected chi connectivity index (χ1v) is 4.63. The van der Waals surface area contributed by atoms with Gasteiger partial charge in [-0.05, 0) is 6.07 Å². The van der Waals surface area contributed by atoms with E-state index in [0.717, 1.165) is 0 Å². The summed E-state index contributed by atoms with van der Waals surface area (Å²) in [7, 11) is 0. The molecular weight excluding hydrogens is 214 g/mol. The van der Waals surface area contributed by atoms with Crippen LogP contribution in [0.15, 0.2) is 24.3 Å². The van der Waals surface area contributed by atoms with E-state index in [0.29, 0.717) is 5.56 Å². The predicted molar refractivity (Wildman–Crippen MR) is 63.2 cm³/mol. The van der Waals surface area contributed by atoms with E-state index >= 15 is 0 Å². The summed E-state index contributed by atoms with van der Waals surface area (Å²) in [6.45, 7) is 3.72. The number of aliphatic hydroxyl groups excluding tert-OH is 1. The van der Waals surface area contributed by atoms with E-state index in [1.807, 2.05) is 19.9 Å². The molecule has 1 aromatic carbocycles. The van der Waals surface area contributed by atoms with Crippen LogP contribution in [-0.4, -0.2) is 16.8 Å². The van der Waals surface area contributed by atoms with Crippen molar-refractivity contribution in [2.45, 2.75) is 19.9 Å². The van der Waals surface area contributed by atoms with Crippen LogP contribution in [0.1, 0.15) is 25.5 Å². The molecule has 0 unspecified atom stereocenters. The Morgan fingerprint density at radius 1 is 1.33 bits per heavy atom. The molecule has 0 aliphatic carbocycles. The van der Waals surface area contributed by atoms with Crippen LogP contribution >= 0.6 is 12.4 Å². The fourth-order valence-electron chi connectivity index (χ4n) is 1.27. The lowest BCUT2D eigenvalue weighted by Gasteiger charge is -2.30. The van der Waals surface area contributed by atoms with Crippen molar-refractivity contribution in [3.63, 3.8) is 0 Å². The zero-order valence-corrected chi connectivity index (χ0v) is 9.79. The van der Waals surface area contributed by atoms with Gasteiger partial charge in [-0.2, -0.15) is 0 Å². The Bertz CT molecular complexity index is 315. The summed E-state index contributed by atoms with van der Waals surface area (Å²) in [4.78, 5) is 0. The molecule has 0 saturated carbocycles. The lowest BCUT2D eigenvalue weighted by atomic mass is 9.81. The Hall–Kier alpha value is -0.770. The number of halogens is 1. The molecule has 0 amide bonds. The van der Waals surface area contributed by atoms with Crippen LogP contribution in [-0.2, 0) is 0 Å². The number of aromatic hydroxyl groups is 1. The van der Waals surface area contributed by atoms with Gasteiger partial charge >= 0.3 is 0 Å². The highest BCUT2D eigenvalue weighted by Gasteiger charge is 2.28. The topological polar surface area (TPSA) is 66.5 Å². The van der Waals surface area contributed by atoms with Gasteiger partial charge in [-0.3, -0.25) is 0 Å². The molecule has 0 saturated heterocycles. The maximum atomic E-state index is 9.58. The molecule has 4 heteroatoms. The maximum Gasteiger partial charge on any atom is 0.120 e. The summed E-state index contributed by atoms with van der Waals surface area (Å²) in [5, 5.41) is 18.7. The van der Waals surface area contributed by atoms with Crippen LogP contribution in [0.3, 0.4) is 0 Å². The van der Waals surface area contributed by atoms with Gasteiger partial charge in [-0.15, -0.1) is 12.4 Å². The van der Waals surface area contributed by atoms with Crippen molar-refractivity contribution in [1.29, 1.82) is 0 Å². The van der Waals surface area contributed by atoms with Gasteiger partial charge < -0.3 is 15.9 Å². The molecule has 0 radical (unpaired) electrons. The van der Waals surface area contributed by atoms with Crippen LogP contribution in [0.5, 0.6) is 5.75 Å². The number of benzene rings is 1. The molecule has 1 rings (SSSR count). The summed E-state index contributed by atoms with van der Waals surface area (Å²) in [6.07, 6.45) is 0. The smallest absolute Gasteiger partial charge is 0.120 e. The third-order valence-electron chi connectivity index (χ3n) is 2.52. The minimum Gasteiger partial charge on any atom is -0.508 e. The summed E-state index contributed by atoms with van der Waals surface area (Å²) in [5.41, 5.74) is 6.21. The van der Waals surface area contributed by atoms with E-state index in [9.17, 15) is 5.11 Å². The molecule has 0 aliphatic heterocycles. The number of phenols is 1. The molecule has 15 heavy (non-hydrogen) atoms.